The average molecular weight is 573 g/mol. The Bertz CT molecular complexity index is 1480. The Kier molecular flexibility index (Phi) is 8.79. The number of benzene rings is 3. The molecule has 1 aliphatic heterocycles. The minimum Gasteiger partial charge on any atom is -0.493 e. The first-order chi connectivity index (χ1) is 18.7. The Morgan fingerprint density at radius 2 is 1.87 bits per heavy atom. The fourth-order valence-electron chi connectivity index (χ4n) is 4.04. The largest absolute Gasteiger partial charge is 0.493 e. The van der Waals surface area contributed by atoms with Crippen LogP contribution in [-0.4, -0.2) is 49.5 Å². The maximum Gasteiger partial charge on any atom is 0.269 e. The second-order valence-corrected chi connectivity index (χ2v) is 10.9. The van der Waals surface area contributed by atoms with Crippen LogP contribution in [0.1, 0.15) is 24.0 Å². The molecule has 13 heteroatoms. The first kappa shape index (κ1) is 28.0. The number of carbonyl (C=O) groups is 1. The van der Waals surface area contributed by atoms with Gasteiger partial charge in [0.05, 0.1) is 23.1 Å². The molecule has 0 aromatic heterocycles. The molecule has 1 fully saturated rings. The van der Waals surface area contributed by atoms with Crippen LogP contribution >= 0.6 is 11.6 Å². The van der Waals surface area contributed by atoms with Gasteiger partial charge in [0.2, 0.25) is 10.0 Å². The van der Waals surface area contributed by atoms with Crippen LogP contribution in [0.2, 0.25) is 5.02 Å². The molecule has 0 spiro atoms. The highest BCUT2D eigenvalue weighted by atomic mass is 35.5. The smallest absolute Gasteiger partial charge is 0.269 e. The van der Waals surface area contributed by atoms with E-state index in [0.717, 1.165) is 5.56 Å². The van der Waals surface area contributed by atoms with Gasteiger partial charge in [-0.15, -0.1) is 0 Å². The highest BCUT2D eigenvalue weighted by molar-refractivity contribution is 7.89. The third-order valence-corrected chi connectivity index (χ3v) is 8.22. The fourth-order valence-corrected chi connectivity index (χ4v) is 5.82. The molecule has 0 saturated carbocycles. The highest BCUT2D eigenvalue weighted by Crippen LogP contribution is 2.29. The number of sulfonamides is 1. The normalized spacial score (nSPS) is 15.8. The Balaban J connectivity index is 1.37. The van der Waals surface area contributed by atoms with Gasteiger partial charge < -0.3 is 9.47 Å². The molecular formula is C26H25ClN4O7S. The van der Waals surface area contributed by atoms with E-state index in [2.05, 4.69) is 10.5 Å². The molecule has 11 nitrogen and oxygen atoms in total. The molecule has 1 saturated heterocycles. The predicted octanol–water partition coefficient (Wildman–Crippen LogP) is 4.14. The standard InChI is InChI=1S/C26H25ClN4O7S/c1-37-25-15-19(6-13-24(25)38-17-18-4-9-21(10-5-18)31(33)34)16-28-29-26(32)23-3-2-14-30(23)39(35,36)22-11-7-20(27)8-12-22/h4-13,15-16,23H,2-3,14,17H2,1H3,(H,29,32)/b28-16-/t23-/m1/s1. The lowest BCUT2D eigenvalue weighted by Crippen LogP contribution is -2.44. The summed E-state index contributed by atoms with van der Waals surface area (Å²) in [6.45, 7) is 0.403. The van der Waals surface area contributed by atoms with E-state index in [1.54, 1.807) is 30.3 Å². The second kappa shape index (κ2) is 12.2. The van der Waals surface area contributed by atoms with Crippen LogP contribution < -0.4 is 14.9 Å². The van der Waals surface area contributed by atoms with Crippen molar-refractivity contribution < 1.29 is 27.6 Å². The van der Waals surface area contributed by atoms with Crippen LogP contribution in [0.4, 0.5) is 5.69 Å². The van der Waals surface area contributed by atoms with Crippen molar-refractivity contribution in [2.24, 2.45) is 5.10 Å². The number of carbonyl (C=O) groups excluding carboxylic acids is 1. The predicted molar refractivity (Wildman–Crippen MR) is 145 cm³/mol. The number of ether oxygens (including phenoxy) is 2. The molecule has 0 radical (unpaired) electrons. The number of methoxy groups -OCH3 is 1. The van der Waals surface area contributed by atoms with E-state index < -0.39 is 26.9 Å². The van der Waals surface area contributed by atoms with E-state index in [1.165, 1.54) is 54.0 Å². The number of nitrogens with one attached hydrogen (secondary N) is 1. The molecule has 0 aliphatic carbocycles. The van der Waals surface area contributed by atoms with Gasteiger partial charge in [-0.3, -0.25) is 14.9 Å². The van der Waals surface area contributed by atoms with Crippen molar-refractivity contribution >= 4 is 39.4 Å². The summed E-state index contributed by atoms with van der Waals surface area (Å²) in [4.78, 5) is 23.2. The Hall–Kier alpha value is -4.00. The number of hydrogen-bond donors (Lipinski definition) is 1. The number of non-ortho nitro benzene ring substituents is 1. The number of nitrogens with zero attached hydrogens (tertiary/aromatic N) is 3. The van der Waals surface area contributed by atoms with Crippen molar-refractivity contribution in [1.82, 2.24) is 9.73 Å². The van der Waals surface area contributed by atoms with Crippen molar-refractivity contribution in [2.45, 2.75) is 30.4 Å². The van der Waals surface area contributed by atoms with Crippen LogP contribution in [0.25, 0.3) is 0 Å². The van der Waals surface area contributed by atoms with Crippen LogP contribution in [0, 0.1) is 10.1 Å². The monoisotopic (exact) mass is 572 g/mol. The lowest BCUT2D eigenvalue weighted by Gasteiger charge is -2.22. The molecule has 1 aliphatic rings. The van der Waals surface area contributed by atoms with Gasteiger partial charge in [0.1, 0.15) is 12.6 Å². The SMILES string of the molecule is COc1cc(/C=N\NC(=O)[C@H]2CCCN2S(=O)(=O)c2ccc(Cl)cc2)ccc1OCc1ccc([N+](=O)[O-])cc1. The quantitative estimate of drug-likeness (QED) is 0.219. The molecule has 204 valence electrons. The summed E-state index contributed by atoms with van der Waals surface area (Å²) >= 11 is 5.87. The Labute approximate surface area is 230 Å². The van der Waals surface area contributed by atoms with Crippen molar-refractivity contribution in [2.75, 3.05) is 13.7 Å². The van der Waals surface area contributed by atoms with Crippen LogP contribution in [-0.2, 0) is 21.4 Å². The van der Waals surface area contributed by atoms with Gasteiger partial charge in [-0.05, 0) is 78.6 Å². The molecule has 1 atom stereocenters. The van der Waals surface area contributed by atoms with Crippen LogP contribution in [0.5, 0.6) is 11.5 Å². The van der Waals surface area contributed by atoms with Gasteiger partial charge in [-0.25, -0.2) is 13.8 Å². The number of amides is 1. The zero-order valence-corrected chi connectivity index (χ0v) is 22.4. The Morgan fingerprint density at radius 1 is 1.15 bits per heavy atom. The molecule has 1 amide bonds. The minimum atomic E-state index is -3.87. The lowest BCUT2D eigenvalue weighted by atomic mass is 10.2. The maximum absolute atomic E-state index is 13.1. The van der Waals surface area contributed by atoms with Crippen molar-refractivity contribution in [3.05, 3.63) is 93.0 Å². The summed E-state index contributed by atoms with van der Waals surface area (Å²) in [7, 11) is -2.39. The number of rotatable bonds is 10. The second-order valence-electron chi connectivity index (χ2n) is 8.58. The number of halogens is 1. The molecule has 1 heterocycles. The molecular weight excluding hydrogens is 548 g/mol. The number of hydrogen-bond acceptors (Lipinski definition) is 8. The summed E-state index contributed by atoms with van der Waals surface area (Å²) < 4.78 is 38.5. The zero-order chi connectivity index (χ0) is 28.0. The first-order valence-corrected chi connectivity index (χ1v) is 13.7. The highest BCUT2D eigenvalue weighted by Gasteiger charge is 2.39. The van der Waals surface area contributed by atoms with Crippen LogP contribution in [0.15, 0.2) is 76.7 Å². The molecule has 3 aromatic carbocycles. The van der Waals surface area contributed by atoms with E-state index in [4.69, 9.17) is 21.1 Å². The number of nitro groups is 1. The minimum absolute atomic E-state index is 0.00381. The molecule has 0 unspecified atom stereocenters. The van der Waals surface area contributed by atoms with E-state index in [0.29, 0.717) is 34.9 Å². The van der Waals surface area contributed by atoms with Gasteiger partial charge in [0, 0.05) is 23.7 Å². The summed E-state index contributed by atoms with van der Waals surface area (Å²) in [5.41, 5.74) is 3.78. The number of hydrazone groups is 1. The maximum atomic E-state index is 13.1. The third kappa shape index (κ3) is 6.72. The van der Waals surface area contributed by atoms with Crippen molar-refractivity contribution in [1.29, 1.82) is 0 Å². The Morgan fingerprint density at radius 3 is 2.54 bits per heavy atom. The average Bonchev–Trinajstić information content (AvgIpc) is 3.44. The van der Waals surface area contributed by atoms with Crippen molar-refractivity contribution in [3.8, 4) is 11.5 Å². The van der Waals surface area contributed by atoms with E-state index in [1.807, 2.05) is 0 Å². The van der Waals surface area contributed by atoms with E-state index in [-0.39, 0.29) is 23.7 Å². The molecule has 3 aromatic rings. The van der Waals surface area contributed by atoms with Gasteiger partial charge in [0.25, 0.3) is 11.6 Å². The van der Waals surface area contributed by atoms with Gasteiger partial charge in [0.15, 0.2) is 11.5 Å². The van der Waals surface area contributed by atoms with E-state index in [9.17, 15) is 23.3 Å². The van der Waals surface area contributed by atoms with E-state index >= 15 is 0 Å². The lowest BCUT2D eigenvalue weighted by molar-refractivity contribution is -0.384. The van der Waals surface area contributed by atoms with Gasteiger partial charge >= 0.3 is 0 Å². The fraction of sp³-hybridized carbons (Fsp3) is 0.231. The summed E-state index contributed by atoms with van der Waals surface area (Å²) in [5.74, 6) is 0.338. The zero-order valence-electron chi connectivity index (χ0n) is 20.8. The number of nitro benzene ring substituents is 1. The summed E-state index contributed by atoms with van der Waals surface area (Å²) in [6, 6.07) is 16.0. The molecule has 4 rings (SSSR count). The summed E-state index contributed by atoms with van der Waals surface area (Å²) in [5, 5.41) is 15.2. The first-order valence-electron chi connectivity index (χ1n) is 11.8. The topological polar surface area (TPSA) is 140 Å². The third-order valence-electron chi connectivity index (χ3n) is 6.04. The van der Waals surface area contributed by atoms with Gasteiger partial charge in [-0.1, -0.05) is 11.6 Å². The molecule has 1 N–H and O–H groups in total. The van der Waals surface area contributed by atoms with Gasteiger partial charge in [-0.2, -0.15) is 9.41 Å². The summed E-state index contributed by atoms with van der Waals surface area (Å²) in [6.07, 6.45) is 2.34. The molecule has 0 bridgehead atoms. The molecule has 39 heavy (non-hydrogen) atoms. The van der Waals surface area contributed by atoms with Crippen LogP contribution in [0.3, 0.4) is 0 Å². The van der Waals surface area contributed by atoms with Crippen molar-refractivity contribution in [3.63, 3.8) is 0 Å².